The first-order chi connectivity index (χ1) is 17.3. The number of nitrogens with two attached hydrogens (primary N) is 1. The number of nitrogens with zero attached hydrogens (tertiary/aromatic N) is 2. The molecule has 10 nitrogen and oxygen atoms in total. The monoisotopic (exact) mass is 518 g/mol. The first-order valence-corrected chi connectivity index (χ1v) is 13.2. The molecular formula is C27H42N4O6. The summed E-state index contributed by atoms with van der Waals surface area (Å²) in [7, 11) is 0. The van der Waals surface area contributed by atoms with Crippen LogP contribution in [0.1, 0.15) is 82.9 Å². The van der Waals surface area contributed by atoms with Gasteiger partial charge in [0.25, 0.3) is 0 Å². The number of hydroxylamine groups is 2. The Balaban J connectivity index is 1.75. The maximum atomic E-state index is 13.3. The number of carboxylic acid groups (broad SMARTS) is 2. The number of likely N-dealkylation sites (tertiary alicyclic amines) is 1. The van der Waals surface area contributed by atoms with E-state index in [-0.39, 0.29) is 12.3 Å². The molecule has 1 saturated heterocycles. The Bertz CT molecular complexity index is 1010. The van der Waals surface area contributed by atoms with Crippen LogP contribution in [-0.4, -0.2) is 74.4 Å². The van der Waals surface area contributed by atoms with Crippen LogP contribution in [0.5, 0.6) is 0 Å². The quantitative estimate of drug-likeness (QED) is 0.262. The maximum absolute atomic E-state index is 13.3. The molecule has 37 heavy (non-hydrogen) atoms. The molecule has 1 fully saturated rings. The molecule has 206 valence electrons. The van der Waals surface area contributed by atoms with Gasteiger partial charge in [-0.1, -0.05) is 24.6 Å². The summed E-state index contributed by atoms with van der Waals surface area (Å²) in [6.07, 6.45) is 3.43. The minimum absolute atomic E-state index is 0.254. The Morgan fingerprint density at radius 1 is 1.05 bits per heavy atom. The van der Waals surface area contributed by atoms with Gasteiger partial charge in [-0.2, -0.15) is 5.06 Å². The second-order valence-corrected chi connectivity index (χ2v) is 11.3. The molecule has 1 aromatic rings. The molecule has 2 aliphatic rings. The van der Waals surface area contributed by atoms with Crippen molar-refractivity contribution in [1.29, 1.82) is 0 Å². The fourth-order valence-corrected chi connectivity index (χ4v) is 5.80. The number of nitrogens with one attached hydrogen (secondary N) is 1. The zero-order valence-corrected chi connectivity index (χ0v) is 22.4. The van der Waals surface area contributed by atoms with Crippen LogP contribution in [0.25, 0.3) is 0 Å². The van der Waals surface area contributed by atoms with E-state index in [1.165, 1.54) is 9.96 Å². The predicted molar refractivity (Wildman–Crippen MR) is 138 cm³/mol. The highest BCUT2D eigenvalue weighted by atomic mass is 16.5. The molecule has 2 heterocycles. The Labute approximate surface area is 218 Å². The van der Waals surface area contributed by atoms with Gasteiger partial charge in [-0.05, 0) is 89.5 Å². The normalized spacial score (nSPS) is 22.0. The van der Waals surface area contributed by atoms with Crippen LogP contribution >= 0.6 is 0 Å². The first kappa shape index (κ1) is 29.0. The smallest absolute Gasteiger partial charge is 0.326 e. The summed E-state index contributed by atoms with van der Waals surface area (Å²) < 4.78 is 0. The second kappa shape index (κ2) is 11.5. The van der Waals surface area contributed by atoms with E-state index >= 15 is 0 Å². The standard InChI is InChI=1S/C27H42N4O6/c1-26(2)18-12-10-17(16-19(18)27(3,4)31(26)37)11-13-21(24(33)34)29-20(8-5-6-14-28)23(32)30-15-7-9-22(30)25(35)36/h10,12,16,20-22,29,37H,5-9,11,13-15,28H2,1-4H3,(H,33,34)(H,35,36). The molecule has 0 saturated carbocycles. The number of amides is 1. The number of rotatable bonds is 12. The van der Waals surface area contributed by atoms with E-state index < -0.39 is 41.1 Å². The van der Waals surface area contributed by atoms with E-state index in [0.717, 1.165) is 16.7 Å². The largest absolute Gasteiger partial charge is 0.480 e. The zero-order chi connectivity index (χ0) is 27.5. The average molecular weight is 519 g/mol. The third-order valence-corrected chi connectivity index (χ3v) is 7.95. The molecule has 0 spiro atoms. The van der Waals surface area contributed by atoms with E-state index in [0.29, 0.717) is 51.6 Å². The first-order valence-electron chi connectivity index (χ1n) is 13.2. The number of carboxylic acids is 2. The third kappa shape index (κ3) is 5.98. The van der Waals surface area contributed by atoms with Gasteiger partial charge in [0, 0.05) is 6.54 Å². The van der Waals surface area contributed by atoms with Gasteiger partial charge in [0.1, 0.15) is 12.1 Å². The Hall–Kier alpha value is -2.53. The molecule has 10 heteroatoms. The molecule has 2 aliphatic heterocycles. The van der Waals surface area contributed by atoms with Crippen LogP contribution < -0.4 is 11.1 Å². The van der Waals surface area contributed by atoms with Crippen LogP contribution in [-0.2, 0) is 31.9 Å². The Morgan fingerprint density at radius 3 is 2.35 bits per heavy atom. The van der Waals surface area contributed by atoms with Gasteiger partial charge < -0.3 is 26.1 Å². The third-order valence-electron chi connectivity index (χ3n) is 7.95. The SMILES string of the molecule is CC1(C)c2ccc(CCC(NC(CCCCN)C(=O)N3CCCC3C(=O)O)C(=O)O)cc2C(C)(C)N1O. The lowest BCUT2D eigenvalue weighted by Crippen LogP contribution is -2.54. The number of aliphatic carboxylic acids is 2. The van der Waals surface area contributed by atoms with E-state index in [2.05, 4.69) is 5.32 Å². The maximum Gasteiger partial charge on any atom is 0.326 e. The molecule has 3 atom stereocenters. The number of carbonyl (C=O) groups is 3. The van der Waals surface area contributed by atoms with Crippen LogP contribution in [0.15, 0.2) is 18.2 Å². The summed E-state index contributed by atoms with van der Waals surface area (Å²) >= 11 is 0. The molecule has 1 amide bonds. The summed E-state index contributed by atoms with van der Waals surface area (Å²) in [6, 6.07) is 3.32. The van der Waals surface area contributed by atoms with Crippen molar-refractivity contribution >= 4 is 17.8 Å². The molecule has 1 aromatic carbocycles. The van der Waals surface area contributed by atoms with Gasteiger partial charge in [-0.15, -0.1) is 0 Å². The van der Waals surface area contributed by atoms with Crippen LogP contribution in [0.4, 0.5) is 0 Å². The summed E-state index contributed by atoms with van der Waals surface area (Å²) in [5.41, 5.74) is 7.46. The van der Waals surface area contributed by atoms with E-state index in [1.807, 2.05) is 45.9 Å². The average Bonchev–Trinajstić information content (AvgIpc) is 3.38. The second-order valence-electron chi connectivity index (χ2n) is 11.3. The van der Waals surface area contributed by atoms with Gasteiger partial charge >= 0.3 is 11.9 Å². The molecule has 0 radical (unpaired) electrons. The van der Waals surface area contributed by atoms with Crippen LogP contribution in [0.3, 0.4) is 0 Å². The Morgan fingerprint density at radius 2 is 1.73 bits per heavy atom. The summed E-state index contributed by atoms with van der Waals surface area (Å²) in [4.78, 5) is 38.5. The molecule has 0 bridgehead atoms. The topological polar surface area (TPSA) is 156 Å². The van der Waals surface area contributed by atoms with Crippen molar-refractivity contribution in [2.45, 2.75) is 102 Å². The van der Waals surface area contributed by atoms with Gasteiger partial charge in [0.15, 0.2) is 0 Å². The lowest BCUT2D eigenvalue weighted by Gasteiger charge is -2.34. The number of aryl methyl sites for hydroxylation is 1. The van der Waals surface area contributed by atoms with E-state index in [4.69, 9.17) is 5.73 Å². The summed E-state index contributed by atoms with van der Waals surface area (Å²) in [5, 5.41) is 34.6. The van der Waals surface area contributed by atoms with Gasteiger partial charge in [0.2, 0.25) is 5.91 Å². The fourth-order valence-electron chi connectivity index (χ4n) is 5.80. The molecule has 3 unspecified atom stereocenters. The number of carbonyl (C=O) groups excluding carboxylic acids is 1. The molecule has 6 N–H and O–H groups in total. The number of unbranched alkanes of at least 4 members (excludes halogenated alkanes) is 1. The minimum atomic E-state index is -1.06. The van der Waals surface area contributed by atoms with Crippen molar-refractivity contribution in [3.63, 3.8) is 0 Å². The van der Waals surface area contributed by atoms with Crippen molar-refractivity contribution in [1.82, 2.24) is 15.3 Å². The van der Waals surface area contributed by atoms with Crippen molar-refractivity contribution in [3.8, 4) is 0 Å². The van der Waals surface area contributed by atoms with E-state index in [1.54, 1.807) is 0 Å². The Kier molecular flexibility index (Phi) is 9.00. The number of hydrogen-bond donors (Lipinski definition) is 5. The van der Waals surface area contributed by atoms with Crippen molar-refractivity contribution in [3.05, 3.63) is 34.9 Å². The molecule has 3 rings (SSSR count). The van der Waals surface area contributed by atoms with Crippen LogP contribution in [0, 0.1) is 0 Å². The fraction of sp³-hybridized carbons (Fsp3) is 0.667. The molecule has 0 aliphatic carbocycles. The predicted octanol–water partition coefficient (Wildman–Crippen LogP) is 2.41. The number of fused-ring (bicyclic) bond motifs is 1. The van der Waals surface area contributed by atoms with Crippen molar-refractivity contribution in [2.75, 3.05) is 13.1 Å². The highest BCUT2D eigenvalue weighted by molar-refractivity contribution is 5.88. The summed E-state index contributed by atoms with van der Waals surface area (Å²) in [5.74, 6) is -2.46. The van der Waals surface area contributed by atoms with Crippen molar-refractivity contribution in [2.24, 2.45) is 5.73 Å². The van der Waals surface area contributed by atoms with Gasteiger partial charge in [-0.3, -0.25) is 14.9 Å². The number of benzene rings is 1. The van der Waals surface area contributed by atoms with Gasteiger partial charge in [-0.25, -0.2) is 4.79 Å². The van der Waals surface area contributed by atoms with E-state index in [9.17, 15) is 29.8 Å². The van der Waals surface area contributed by atoms with Crippen LogP contribution in [0.2, 0.25) is 0 Å². The van der Waals surface area contributed by atoms with Crippen molar-refractivity contribution < 1.29 is 29.8 Å². The molecular weight excluding hydrogens is 476 g/mol. The lowest BCUT2D eigenvalue weighted by atomic mass is 9.88. The minimum Gasteiger partial charge on any atom is -0.480 e. The summed E-state index contributed by atoms with van der Waals surface area (Å²) in [6.45, 7) is 8.63. The zero-order valence-electron chi connectivity index (χ0n) is 22.4. The highest BCUT2D eigenvalue weighted by Crippen LogP contribution is 2.48. The lowest BCUT2D eigenvalue weighted by molar-refractivity contribution is -0.216. The highest BCUT2D eigenvalue weighted by Gasteiger charge is 2.48. The van der Waals surface area contributed by atoms with Gasteiger partial charge in [0.05, 0.1) is 17.1 Å². The number of hydrogen-bond acceptors (Lipinski definition) is 7. The molecule has 0 aromatic heterocycles.